The fourth-order valence-corrected chi connectivity index (χ4v) is 4.47. The molecule has 1 N–H and O–H groups in total. The van der Waals surface area contributed by atoms with Gasteiger partial charge in [-0.25, -0.2) is 18.4 Å². The summed E-state index contributed by atoms with van der Waals surface area (Å²) in [6.45, 7) is -0.319. The molecule has 2 aromatic carbocycles. The van der Waals surface area contributed by atoms with E-state index in [-0.39, 0.29) is 11.4 Å². The summed E-state index contributed by atoms with van der Waals surface area (Å²) in [5.41, 5.74) is 0.515. The van der Waals surface area contributed by atoms with E-state index in [0.29, 0.717) is 16.9 Å². The lowest BCUT2D eigenvalue weighted by atomic mass is 10.1. The third-order valence-corrected chi connectivity index (χ3v) is 5.62. The lowest BCUT2D eigenvalue weighted by molar-refractivity contribution is -0.114. The maximum atomic E-state index is 12.8. The Balaban J connectivity index is 1.70. The first kappa shape index (κ1) is 14.6. The van der Waals surface area contributed by atoms with Gasteiger partial charge >= 0.3 is 0 Å². The molecule has 7 nitrogen and oxygen atoms in total. The number of benzene rings is 2. The topological polar surface area (TPSA) is 92.3 Å². The monoisotopic (exact) mass is 340 g/mol. The van der Waals surface area contributed by atoms with E-state index < -0.39 is 15.9 Å². The first-order valence-corrected chi connectivity index (χ1v) is 8.62. The average Bonchev–Trinajstić information content (AvgIpc) is 2.79. The van der Waals surface area contributed by atoms with Crippen LogP contribution in [0.15, 0.2) is 59.9 Å². The van der Waals surface area contributed by atoms with Crippen LogP contribution in [0.4, 0.5) is 11.5 Å². The van der Waals surface area contributed by atoms with E-state index in [0.717, 1.165) is 9.69 Å². The van der Waals surface area contributed by atoms with Crippen molar-refractivity contribution in [2.75, 3.05) is 16.2 Å². The molecule has 24 heavy (non-hydrogen) atoms. The normalized spacial score (nSPS) is 14.8. The molecular formula is C16H12N4O3S. The molecule has 0 atom stereocenters. The summed E-state index contributed by atoms with van der Waals surface area (Å²) in [5, 5.41) is 4.04. The van der Waals surface area contributed by atoms with Crippen molar-refractivity contribution < 1.29 is 13.2 Å². The Bertz CT molecular complexity index is 1050. The van der Waals surface area contributed by atoms with Gasteiger partial charge in [-0.15, -0.1) is 0 Å². The van der Waals surface area contributed by atoms with Crippen LogP contribution in [0.25, 0.3) is 10.8 Å². The number of nitrogens with zero attached hydrogens (tertiary/aromatic N) is 3. The third-order valence-electron chi connectivity index (χ3n) is 3.82. The first-order chi connectivity index (χ1) is 11.6. The van der Waals surface area contributed by atoms with E-state index in [1.54, 1.807) is 24.3 Å². The second kappa shape index (κ2) is 5.27. The van der Waals surface area contributed by atoms with Crippen LogP contribution in [-0.4, -0.2) is 30.8 Å². The Hall–Kier alpha value is -3.00. The Morgan fingerprint density at radius 3 is 2.67 bits per heavy atom. The maximum absolute atomic E-state index is 12.8. The molecule has 1 aromatic heterocycles. The van der Waals surface area contributed by atoms with Crippen LogP contribution >= 0.6 is 0 Å². The molecule has 1 amide bonds. The van der Waals surface area contributed by atoms with Gasteiger partial charge in [-0.05, 0) is 23.6 Å². The predicted molar refractivity (Wildman–Crippen MR) is 89.1 cm³/mol. The zero-order valence-corrected chi connectivity index (χ0v) is 13.2. The number of sulfonamides is 1. The first-order valence-electron chi connectivity index (χ1n) is 7.18. The van der Waals surface area contributed by atoms with Crippen LogP contribution in [0.1, 0.15) is 0 Å². The Morgan fingerprint density at radius 2 is 1.92 bits per heavy atom. The highest BCUT2D eigenvalue weighted by molar-refractivity contribution is 7.93. The van der Waals surface area contributed by atoms with E-state index in [4.69, 9.17) is 0 Å². The lowest BCUT2D eigenvalue weighted by Gasteiger charge is -2.18. The van der Waals surface area contributed by atoms with Crippen molar-refractivity contribution in [1.29, 1.82) is 0 Å². The van der Waals surface area contributed by atoms with Crippen LogP contribution in [0.2, 0.25) is 0 Å². The zero-order valence-electron chi connectivity index (χ0n) is 12.4. The standard InChI is InChI=1S/C16H12N4O3S/c21-15(19-14-7-8-17-10-18-14)9-20-12-5-1-3-11-4-2-6-13(16(11)12)24(20,22)23/h1-8,10H,9H2,(H,17,18,19,21). The zero-order chi connectivity index (χ0) is 16.7. The summed E-state index contributed by atoms with van der Waals surface area (Å²) in [6.07, 6.45) is 2.80. The summed E-state index contributed by atoms with van der Waals surface area (Å²) in [5.74, 6) is -0.149. The van der Waals surface area contributed by atoms with E-state index in [9.17, 15) is 13.2 Å². The summed E-state index contributed by atoms with van der Waals surface area (Å²) >= 11 is 0. The fourth-order valence-electron chi connectivity index (χ4n) is 2.81. The lowest BCUT2D eigenvalue weighted by Crippen LogP contribution is -2.35. The highest BCUT2D eigenvalue weighted by Gasteiger charge is 2.36. The van der Waals surface area contributed by atoms with Gasteiger partial charge in [0.15, 0.2) is 0 Å². The number of carbonyl (C=O) groups excluding carboxylic acids is 1. The second-order valence-corrected chi connectivity index (χ2v) is 7.12. The number of rotatable bonds is 3. The molecule has 0 unspecified atom stereocenters. The van der Waals surface area contributed by atoms with Crippen molar-refractivity contribution >= 4 is 38.2 Å². The minimum absolute atomic E-state index is 0.227. The van der Waals surface area contributed by atoms with E-state index in [1.165, 1.54) is 18.6 Å². The van der Waals surface area contributed by atoms with Crippen molar-refractivity contribution in [2.45, 2.75) is 4.90 Å². The third kappa shape index (κ3) is 2.19. The van der Waals surface area contributed by atoms with Crippen LogP contribution < -0.4 is 9.62 Å². The fraction of sp³-hybridized carbons (Fsp3) is 0.0625. The number of hydrogen-bond donors (Lipinski definition) is 1. The van der Waals surface area contributed by atoms with Crippen LogP contribution in [0, 0.1) is 0 Å². The van der Waals surface area contributed by atoms with Crippen molar-refractivity contribution in [3.05, 3.63) is 55.0 Å². The molecule has 4 rings (SSSR count). The molecule has 1 aliphatic heterocycles. The van der Waals surface area contributed by atoms with Crippen LogP contribution in [0.5, 0.6) is 0 Å². The number of nitrogens with one attached hydrogen (secondary N) is 1. The SMILES string of the molecule is O=C(CN1c2cccc3cccc(c23)S1(=O)=O)Nc1ccncn1. The minimum Gasteiger partial charge on any atom is -0.309 e. The van der Waals surface area contributed by atoms with Gasteiger partial charge in [0.2, 0.25) is 5.91 Å². The largest absolute Gasteiger partial charge is 0.309 e. The van der Waals surface area contributed by atoms with Crippen molar-refractivity contribution in [1.82, 2.24) is 9.97 Å². The van der Waals surface area contributed by atoms with Gasteiger partial charge in [0, 0.05) is 11.6 Å². The molecule has 0 saturated heterocycles. The van der Waals surface area contributed by atoms with Crippen LogP contribution in [0.3, 0.4) is 0 Å². The molecule has 0 fully saturated rings. The van der Waals surface area contributed by atoms with E-state index in [1.807, 2.05) is 12.1 Å². The highest BCUT2D eigenvalue weighted by Crippen LogP contribution is 2.41. The minimum atomic E-state index is -3.75. The van der Waals surface area contributed by atoms with Gasteiger partial charge in [-0.3, -0.25) is 9.10 Å². The number of amides is 1. The molecule has 0 saturated carbocycles. The van der Waals surface area contributed by atoms with Gasteiger partial charge < -0.3 is 5.32 Å². The molecule has 0 bridgehead atoms. The van der Waals surface area contributed by atoms with Crippen molar-refractivity contribution in [3.63, 3.8) is 0 Å². The smallest absolute Gasteiger partial charge is 0.265 e. The summed E-state index contributed by atoms with van der Waals surface area (Å²) in [7, 11) is -3.75. The molecule has 8 heteroatoms. The summed E-state index contributed by atoms with van der Waals surface area (Å²) in [6, 6.07) is 12.0. The molecule has 1 aliphatic rings. The Kier molecular flexibility index (Phi) is 3.20. The Morgan fingerprint density at radius 1 is 1.12 bits per heavy atom. The van der Waals surface area contributed by atoms with Gasteiger partial charge in [-0.2, -0.15) is 0 Å². The number of anilines is 2. The van der Waals surface area contributed by atoms with Gasteiger partial charge in [-0.1, -0.05) is 24.3 Å². The number of carbonyl (C=O) groups is 1. The highest BCUT2D eigenvalue weighted by atomic mass is 32.2. The van der Waals surface area contributed by atoms with Gasteiger partial charge in [0.05, 0.1) is 10.6 Å². The molecule has 3 aromatic rings. The Labute approximate surface area is 138 Å². The molecule has 2 heterocycles. The second-order valence-electron chi connectivity index (χ2n) is 5.29. The molecule has 0 radical (unpaired) electrons. The molecule has 0 spiro atoms. The summed E-state index contributed by atoms with van der Waals surface area (Å²) < 4.78 is 26.7. The summed E-state index contributed by atoms with van der Waals surface area (Å²) in [4.78, 5) is 20.1. The van der Waals surface area contributed by atoms with Crippen molar-refractivity contribution in [3.8, 4) is 0 Å². The van der Waals surface area contributed by atoms with Crippen molar-refractivity contribution in [2.24, 2.45) is 0 Å². The number of hydrogen-bond acceptors (Lipinski definition) is 5. The molecular weight excluding hydrogens is 328 g/mol. The molecule has 120 valence electrons. The maximum Gasteiger partial charge on any atom is 0.265 e. The van der Waals surface area contributed by atoms with Gasteiger partial charge in [0.25, 0.3) is 10.0 Å². The molecule has 0 aliphatic carbocycles. The van der Waals surface area contributed by atoms with E-state index >= 15 is 0 Å². The van der Waals surface area contributed by atoms with Crippen LogP contribution in [-0.2, 0) is 14.8 Å². The quantitative estimate of drug-likeness (QED) is 0.784. The predicted octanol–water partition coefficient (Wildman–Crippen LogP) is 1.78. The van der Waals surface area contributed by atoms with Gasteiger partial charge in [0.1, 0.15) is 18.7 Å². The number of aromatic nitrogens is 2. The van der Waals surface area contributed by atoms with E-state index in [2.05, 4.69) is 15.3 Å². The average molecular weight is 340 g/mol.